The van der Waals surface area contributed by atoms with E-state index in [0.29, 0.717) is 38.2 Å². The van der Waals surface area contributed by atoms with Crippen LogP contribution in [0.2, 0.25) is 0 Å². The number of hydrogen-bond donors (Lipinski definition) is 1. The number of primary amides is 1. The number of aromatic nitrogens is 2. The van der Waals surface area contributed by atoms with Crippen molar-refractivity contribution >= 4 is 23.0 Å². The third-order valence-corrected chi connectivity index (χ3v) is 6.93. The first-order valence-corrected chi connectivity index (χ1v) is 12.4. The lowest BCUT2D eigenvalue weighted by Gasteiger charge is -2.17. The number of para-hydroxylation sites is 1. The number of imide groups is 1. The van der Waals surface area contributed by atoms with Gasteiger partial charge in [-0.1, -0.05) is 18.2 Å². The normalized spacial score (nSPS) is 15.4. The molecule has 1 fully saturated rings. The molecule has 192 valence electrons. The van der Waals surface area contributed by atoms with Gasteiger partial charge in [0.25, 0.3) is 0 Å². The topological polar surface area (TPSA) is 109 Å². The van der Waals surface area contributed by atoms with Crippen molar-refractivity contribution in [2.24, 2.45) is 5.73 Å². The van der Waals surface area contributed by atoms with Crippen LogP contribution >= 0.6 is 0 Å². The first-order chi connectivity index (χ1) is 17.3. The molecule has 3 amide bonds. The Balaban J connectivity index is 1.72. The average Bonchev–Trinajstić information content (AvgIpc) is 3.47. The zero-order valence-corrected chi connectivity index (χ0v) is 21.2. The highest BCUT2D eigenvalue weighted by molar-refractivity contribution is 5.96. The Kier molecular flexibility index (Phi) is 7.79. The summed E-state index contributed by atoms with van der Waals surface area (Å²) in [6.45, 7) is 5.93. The molecule has 0 aliphatic carbocycles. The maximum Gasteiger partial charge on any atom is 0.329 e. The van der Waals surface area contributed by atoms with Gasteiger partial charge in [0.2, 0.25) is 5.91 Å². The highest BCUT2D eigenvalue weighted by Gasteiger charge is 2.25. The third-order valence-electron chi connectivity index (χ3n) is 6.93. The molecule has 1 saturated heterocycles. The molecule has 9 nitrogen and oxygen atoms in total. The first kappa shape index (κ1) is 25.5. The van der Waals surface area contributed by atoms with Crippen molar-refractivity contribution in [2.75, 3.05) is 20.3 Å². The number of ether oxygens (including phenoxy) is 2. The molecule has 0 bridgehead atoms. The first-order valence-electron chi connectivity index (χ1n) is 12.4. The van der Waals surface area contributed by atoms with Crippen LogP contribution in [0.1, 0.15) is 36.0 Å². The van der Waals surface area contributed by atoms with Gasteiger partial charge in [0.15, 0.2) is 0 Å². The fraction of sp³-hybridized carbons (Fsp3) is 0.444. The number of carbonyl (C=O) groups is 2. The molecule has 4 rings (SSSR count). The van der Waals surface area contributed by atoms with E-state index < -0.39 is 11.9 Å². The van der Waals surface area contributed by atoms with E-state index in [-0.39, 0.29) is 18.2 Å². The van der Waals surface area contributed by atoms with Crippen molar-refractivity contribution < 1.29 is 19.1 Å². The number of rotatable bonds is 9. The van der Waals surface area contributed by atoms with Gasteiger partial charge >= 0.3 is 11.7 Å². The van der Waals surface area contributed by atoms with Gasteiger partial charge in [-0.2, -0.15) is 0 Å². The Bertz CT molecular complexity index is 1310. The van der Waals surface area contributed by atoms with E-state index >= 15 is 0 Å². The average molecular weight is 495 g/mol. The summed E-state index contributed by atoms with van der Waals surface area (Å²) in [6, 6.07) is 10.7. The predicted molar refractivity (Wildman–Crippen MR) is 137 cm³/mol. The largest absolute Gasteiger partial charge is 0.494 e. The van der Waals surface area contributed by atoms with E-state index in [1.165, 1.54) is 7.05 Å². The number of fused-ring (bicyclic) bond motifs is 1. The number of imidazole rings is 1. The van der Waals surface area contributed by atoms with Crippen LogP contribution in [0.25, 0.3) is 11.0 Å². The van der Waals surface area contributed by atoms with Crippen LogP contribution in [0.4, 0.5) is 4.79 Å². The van der Waals surface area contributed by atoms with E-state index in [2.05, 4.69) is 0 Å². The zero-order chi connectivity index (χ0) is 25.8. The van der Waals surface area contributed by atoms with E-state index in [0.717, 1.165) is 45.7 Å². The maximum absolute atomic E-state index is 13.7. The van der Waals surface area contributed by atoms with Crippen LogP contribution in [0.5, 0.6) is 5.75 Å². The third kappa shape index (κ3) is 5.31. The summed E-state index contributed by atoms with van der Waals surface area (Å²) in [5.41, 5.74) is 9.29. The van der Waals surface area contributed by atoms with E-state index in [1.54, 1.807) is 9.13 Å². The van der Waals surface area contributed by atoms with Gasteiger partial charge in [0.1, 0.15) is 5.75 Å². The Morgan fingerprint density at radius 2 is 1.94 bits per heavy atom. The zero-order valence-electron chi connectivity index (χ0n) is 21.2. The molecule has 2 N–H and O–H groups in total. The fourth-order valence-electron chi connectivity index (χ4n) is 4.72. The van der Waals surface area contributed by atoms with Crippen LogP contribution in [0, 0.1) is 13.8 Å². The highest BCUT2D eigenvalue weighted by Crippen LogP contribution is 2.27. The number of nitrogens with zero attached hydrogens (tertiary/aromatic N) is 3. The van der Waals surface area contributed by atoms with Crippen LogP contribution in [0.3, 0.4) is 0 Å². The molecule has 1 unspecified atom stereocenters. The van der Waals surface area contributed by atoms with Gasteiger partial charge in [-0.05, 0) is 68.0 Å². The van der Waals surface area contributed by atoms with Crippen molar-refractivity contribution in [1.29, 1.82) is 0 Å². The smallest absolute Gasteiger partial charge is 0.329 e. The number of benzene rings is 2. The number of carbonyl (C=O) groups excluding carboxylic acids is 2. The second kappa shape index (κ2) is 11.0. The molecule has 0 spiro atoms. The molecule has 2 aromatic carbocycles. The summed E-state index contributed by atoms with van der Waals surface area (Å²) in [7, 11) is 1.36. The van der Waals surface area contributed by atoms with Crippen molar-refractivity contribution in [1.82, 2.24) is 14.0 Å². The van der Waals surface area contributed by atoms with Crippen LogP contribution in [-0.4, -0.2) is 52.3 Å². The molecule has 2 heterocycles. The molecular weight excluding hydrogens is 460 g/mol. The van der Waals surface area contributed by atoms with E-state index in [1.807, 2.05) is 50.2 Å². The SMILES string of the molecule is Cc1cc2c(c(CC(=O)N(C)C(N)=O)c1C)n(CCCOc1ccccc1)c(=O)n2CC1CCCO1. The Morgan fingerprint density at radius 1 is 1.19 bits per heavy atom. The molecule has 0 saturated carbocycles. The number of urea groups is 1. The predicted octanol–water partition coefficient (Wildman–Crippen LogP) is 3.15. The lowest BCUT2D eigenvalue weighted by molar-refractivity contribution is -0.126. The molecule has 9 heteroatoms. The molecule has 0 radical (unpaired) electrons. The van der Waals surface area contributed by atoms with Crippen LogP contribution < -0.4 is 16.2 Å². The van der Waals surface area contributed by atoms with Gasteiger partial charge in [0.05, 0.1) is 36.7 Å². The maximum atomic E-state index is 13.7. The van der Waals surface area contributed by atoms with E-state index in [4.69, 9.17) is 15.2 Å². The monoisotopic (exact) mass is 494 g/mol. The Hall–Kier alpha value is -3.59. The van der Waals surface area contributed by atoms with Crippen molar-refractivity contribution in [3.63, 3.8) is 0 Å². The quantitative estimate of drug-likeness (QED) is 0.460. The minimum atomic E-state index is -0.812. The number of likely N-dealkylation sites (N-methyl/N-ethyl adjacent to an activating group) is 1. The summed E-state index contributed by atoms with van der Waals surface area (Å²) >= 11 is 0. The number of aryl methyl sites for hydroxylation is 2. The van der Waals surface area contributed by atoms with Gasteiger partial charge in [-0.25, -0.2) is 9.59 Å². The van der Waals surface area contributed by atoms with Crippen molar-refractivity contribution in [2.45, 2.75) is 58.7 Å². The minimum Gasteiger partial charge on any atom is -0.494 e. The molecule has 1 atom stereocenters. The molecular formula is C27H34N4O5. The summed E-state index contributed by atoms with van der Waals surface area (Å²) < 4.78 is 15.2. The summed E-state index contributed by atoms with van der Waals surface area (Å²) in [4.78, 5) is 39.1. The Labute approximate surface area is 210 Å². The van der Waals surface area contributed by atoms with Gasteiger partial charge in [-0.15, -0.1) is 0 Å². The summed E-state index contributed by atoms with van der Waals surface area (Å²) in [6.07, 6.45) is 2.44. The molecule has 3 aromatic rings. The molecule has 1 aromatic heterocycles. The van der Waals surface area contributed by atoms with Crippen LogP contribution in [-0.2, 0) is 29.0 Å². The lowest BCUT2D eigenvalue weighted by atomic mass is 9.98. The standard InChI is InChI=1S/C27H34N4O5/c1-18-15-23-25(22(19(18)2)16-24(32)29(3)26(28)33)30(12-8-14-35-20-9-5-4-6-10-20)27(34)31(23)17-21-11-7-13-36-21/h4-6,9-10,15,21H,7-8,11-14,16-17H2,1-3H3,(H2,28,33). The van der Waals surface area contributed by atoms with Crippen molar-refractivity contribution in [3.8, 4) is 5.75 Å². The van der Waals surface area contributed by atoms with Gasteiger partial charge < -0.3 is 15.2 Å². The highest BCUT2D eigenvalue weighted by atomic mass is 16.5. The number of nitrogens with two attached hydrogens (primary N) is 1. The fourth-order valence-corrected chi connectivity index (χ4v) is 4.72. The van der Waals surface area contributed by atoms with Gasteiger partial charge in [0, 0.05) is 20.2 Å². The minimum absolute atomic E-state index is 0.0177. The molecule has 1 aliphatic rings. The summed E-state index contributed by atoms with van der Waals surface area (Å²) in [5.74, 6) is 0.355. The lowest BCUT2D eigenvalue weighted by Crippen LogP contribution is -2.38. The van der Waals surface area contributed by atoms with Gasteiger partial charge in [-0.3, -0.25) is 18.8 Å². The molecule has 36 heavy (non-hydrogen) atoms. The number of amides is 3. The van der Waals surface area contributed by atoms with Crippen molar-refractivity contribution in [3.05, 3.63) is 63.6 Å². The Morgan fingerprint density at radius 3 is 2.61 bits per heavy atom. The number of hydrogen-bond acceptors (Lipinski definition) is 5. The summed E-state index contributed by atoms with van der Waals surface area (Å²) in [5, 5.41) is 0. The second-order valence-electron chi connectivity index (χ2n) is 9.33. The van der Waals surface area contributed by atoms with E-state index in [9.17, 15) is 14.4 Å². The van der Waals surface area contributed by atoms with Crippen LogP contribution in [0.15, 0.2) is 41.2 Å². The second-order valence-corrected chi connectivity index (χ2v) is 9.33. The molecule has 1 aliphatic heterocycles.